The Labute approximate surface area is 86.2 Å². The van der Waals surface area contributed by atoms with Gasteiger partial charge >= 0.3 is 0 Å². The lowest BCUT2D eigenvalue weighted by Crippen LogP contribution is -2.32. The summed E-state index contributed by atoms with van der Waals surface area (Å²) in [6, 6.07) is 0. The molecule has 1 saturated carbocycles. The first-order chi connectivity index (χ1) is 6.28. The summed E-state index contributed by atoms with van der Waals surface area (Å²) in [7, 11) is 0. The molecular formula is C9H14BrN3. The Kier molecular flexibility index (Phi) is 2.43. The fraction of sp³-hybridized carbons (Fsp3) is 0.667. The van der Waals surface area contributed by atoms with Crippen molar-refractivity contribution in [2.24, 2.45) is 5.73 Å². The number of hydrogen-bond acceptors (Lipinski definition) is 2. The van der Waals surface area contributed by atoms with Crippen molar-refractivity contribution in [3.05, 3.63) is 16.4 Å². The van der Waals surface area contributed by atoms with Crippen LogP contribution >= 0.6 is 15.9 Å². The molecule has 72 valence electrons. The average Bonchev–Trinajstić information content (AvgIpc) is 2.73. The minimum atomic E-state index is 0.162. The van der Waals surface area contributed by atoms with Gasteiger partial charge in [-0.25, -0.2) is 0 Å². The van der Waals surface area contributed by atoms with Crippen LogP contribution in [0.4, 0.5) is 0 Å². The lowest BCUT2D eigenvalue weighted by molar-refractivity contribution is 0.437. The van der Waals surface area contributed by atoms with Gasteiger partial charge in [-0.2, -0.15) is 5.10 Å². The molecule has 3 nitrogen and oxygen atoms in total. The van der Waals surface area contributed by atoms with Gasteiger partial charge in [0, 0.05) is 12.0 Å². The van der Waals surface area contributed by atoms with Crippen molar-refractivity contribution in [2.75, 3.05) is 6.54 Å². The van der Waals surface area contributed by atoms with E-state index < -0.39 is 0 Å². The molecular weight excluding hydrogens is 230 g/mol. The SMILES string of the molecule is NCC1(c2[nH]ncc2Br)CCCC1. The number of nitrogens with zero attached hydrogens (tertiary/aromatic N) is 1. The van der Waals surface area contributed by atoms with E-state index in [9.17, 15) is 0 Å². The molecule has 0 amide bonds. The zero-order valence-electron chi connectivity index (χ0n) is 7.52. The van der Waals surface area contributed by atoms with Gasteiger partial charge < -0.3 is 5.73 Å². The maximum atomic E-state index is 5.86. The molecule has 0 spiro atoms. The summed E-state index contributed by atoms with van der Waals surface area (Å²) in [4.78, 5) is 0. The second-order valence-corrected chi connectivity index (χ2v) is 4.64. The number of hydrogen-bond donors (Lipinski definition) is 2. The predicted molar refractivity (Wildman–Crippen MR) is 55.5 cm³/mol. The van der Waals surface area contributed by atoms with E-state index in [1.807, 2.05) is 6.20 Å². The quantitative estimate of drug-likeness (QED) is 0.835. The van der Waals surface area contributed by atoms with Crippen molar-refractivity contribution in [3.8, 4) is 0 Å². The zero-order chi connectivity index (χ0) is 9.31. The monoisotopic (exact) mass is 243 g/mol. The van der Waals surface area contributed by atoms with Gasteiger partial charge in [-0.15, -0.1) is 0 Å². The van der Waals surface area contributed by atoms with Crippen LogP contribution in [0.3, 0.4) is 0 Å². The summed E-state index contributed by atoms with van der Waals surface area (Å²) in [6.45, 7) is 0.716. The Morgan fingerprint density at radius 3 is 2.69 bits per heavy atom. The van der Waals surface area contributed by atoms with Gasteiger partial charge in [0.25, 0.3) is 0 Å². The molecule has 0 radical (unpaired) electrons. The molecule has 1 aliphatic rings. The molecule has 0 bridgehead atoms. The number of rotatable bonds is 2. The van der Waals surface area contributed by atoms with Gasteiger partial charge in [-0.3, -0.25) is 5.10 Å². The third-order valence-corrected chi connectivity index (χ3v) is 3.68. The molecule has 1 heterocycles. The van der Waals surface area contributed by atoms with Crippen LogP contribution in [0.25, 0.3) is 0 Å². The fourth-order valence-corrected chi connectivity index (χ4v) is 2.86. The topological polar surface area (TPSA) is 54.7 Å². The maximum Gasteiger partial charge on any atom is 0.0632 e. The van der Waals surface area contributed by atoms with Crippen LogP contribution in [0.2, 0.25) is 0 Å². The van der Waals surface area contributed by atoms with Gasteiger partial charge in [0.2, 0.25) is 0 Å². The number of aromatic nitrogens is 2. The lowest BCUT2D eigenvalue weighted by Gasteiger charge is -2.25. The Morgan fingerprint density at radius 1 is 1.54 bits per heavy atom. The van der Waals surface area contributed by atoms with Crippen LogP contribution < -0.4 is 5.73 Å². The number of aromatic amines is 1. The van der Waals surface area contributed by atoms with Gasteiger partial charge in [0.15, 0.2) is 0 Å². The van der Waals surface area contributed by atoms with E-state index >= 15 is 0 Å². The average molecular weight is 244 g/mol. The van der Waals surface area contributed by atoms with Gasteiger partial charge in [-0.05, 0) is 28.8 Å². The summed E-state index contributed by atoms with van der Waals surface area (Å²) in [5.74, 6) is 0. The molecule has 0 aromatic carbocycles. The van der Waals surface area contributed by atoms with Crippen LogP contribution in [0.1, 0.15) is 31.4 Å². The predicted octanol–water partition coefficient (Wildman–Crippen LogP) is 1.94. The van der Waals surface area contributed by atoms with E-state index in [0.29, 0.717) is 6.54 Å². The number of halogens is 1. The maximum absolute atomic E-state index is 5.86. The molecule has 0 atom stereocenters. The van der Waals surface area contributed by atoms with E-state index in [1.54, 1.807) is 0 Å². The number of nitrogens with two attached hydrogens (primary N) is 1. The van der Waals surface area contributed by atoms with Crippen molar-refractivity contribution in [1.29, 1.82) is 0 Å². The Hall–Kier alpha value is -0.350. The van der Waals surface area contributed by atoms with Crippen molar-refractivity contribution in [1.82, 2.24) is 10.2 Å². The van der Waals surface area contributed by atoms with Crippen molar-refractivity contribution in [2.45, 2.75) is 31.1 Å². The van der Waals surface area contributed by atoms with E-state index in [2.05, 4.69) is 26.1 Å². The molecule has 4 heteroatoms. The third kappa shape index (κ3) is 1.42. The molecule has 1 fully saturated rings. The summed E-state index contributed by atoms with van der Waals surface area (Å²) >= 11 is 3.50. The van der Waals surface area contributed by atoms with E-state index in [-0.39, 0.29) is 5.41 Å². The standard InChI is InChI=1S/C9H14BrN3/c10-7-5-12-13-8(7)9(6-11)3-1-2-4-9/h5H,1-4,6,11H2,(H,12,13). The highest BCUT2D eigenvalue weighted by molar-refractivity contribution is 9.10. The van der Waals surface area contributed by atoms with Crippen molar-refractivity contribution < 1.29 is 0 Å². The minimum absolute atomic E-state index is 0.162. The number of nitrogens with one attached hydrogen (secondary N) is 1. The molecule has 0 saturated heterocycles. The van der Waals surface area contributed by atoms with Gasteiger partial charge in [0.1, 0.15) is 0 Å². The van der Waals surface area contributed by atoms with Crippen molar-refractivity contribution in [3.63, 3.8) is 0 Å². The first kappa shape index (κ1) is 9.21. The second-order valence-electron chi connectivity index (χ2n) is 3.78. The molecule has 1 aromatic heterocycles. The molecule has 13 heavy (non-hydrogen) atoms. The van der Waals surface area contributed by atoms with Crippen LogP contribution in [0, 0.1) is 0 Å². The highest BCUT2D eigenvalue weighted by Gasteiger charge is 2.36. The Bertz CT molecular complexity index is 289. The molecule has 2 rings (SSSR count). The first-order valence-electron chi connectivity index (χ1n) is 4.68. The largest absolute Gasteiger partial charge is 0.330 e. The Balaban J connectivity index is 2.36. The highest BCUT2D eigenvalue weighted by atomic mass is 79.9. The fourth-order valence-electron chi connectivity index (χ4n) is 2.25. The smallest absolute Gasteiger partial charge is 0.0632 e. The summed E-state index contributed by atoms with van der Waals surface area (Å²) in [5, 5.41) is 7.09. The normalized spacial score (nSPS) is 20.8. The molecule has 3 N–H and O–H groups in total. The van der Waals surface area contributed by atoms with Crippen molar-refractivity contribution >= 4 is 15.9 Å². The van der Waals surface area contributed by atoms with Crippen LogP contribution in [0.5, 0.6) is 0 Å². The lowest BCUT2D eigenvalue weighted by atomic mass is 9.83. The van der Waals surface area contributed by atoms with Gasteiger partial charge in [-0.1, -0.05) is 12.8 Å². The number of H-pyrrole nitrogens is 1. The minimum Gasteiger partial charge on any atom is -0.330 e. The van der Waals surface area contributed by atoms with E-state index in [1.165, 1.54) is 31.4 Å². The molecule has 1 aliphatic carbocycles. The molecule has 1 aromatic rings. The highest BCUT2D eigenvalue weighted by Crippen LogP contribution is 2.41. The van der Waals surface area contributed by atoms with Gasteiger partial charge in [0.05, 0.1) is 16.4 Å². The van der Waals surface area contributed by atoms with Crippen LogP contribution in [0.15, 0.2) is 10.7 Å². The second kappa shape index (κ2) is 3.42. The Morgan fingerprint density at radius 2 is 2.23 bits per heavy atom. The summed E-state index contributed by atoms with van der Waals surface area (Å²) < 4.78 is 1.07. The van der Waals surface area contributed by atoms with Crippen LogP contribution in [-0.4, -0.2) is 16.7 Å². The molecule has 0 unspecified atom stereocenters. The van der Waals surface area contributed by atoms with E-state index in [4.69, 9.17) is 5.73 Å². The molecule has 0 aliphatic heterocycles. The summed E-state index contributed by atoms with van der Waals surface area (Å²) in [5.41, 5.74) is 7.21. The third-order valence-electron chi connectivity index (χ3n) is 3.07. The van der Waals surface area contributed by atoms with Crippen LogP contribution in [-0.2, 0) is 5.41 Å². The summed E-state index contributed by atoms with van der Waals surface area (Å²) in [6.07, 6.45) is 6.74. The first-order valence-corrected chi connectivity index (χ1v) is 5.47. The zero-order valence-corrected chi connectivity index (χ0v) is 9.10. The van der Waals surface area contributed by atoms with E-state index in [0.717, 1.165) is 4.47 Å².